The molecule has 0 saturated carbocycles. The number of nitrogens with one attached hydrogen (secondary N) is 2. The molecule has 2 rings (SSSR count). The van der Waals surface area contributed by atoms with E-state index in [1.807, 2.05) is 12.1 Å². The van der Waals surface area contributed by atoms with Gasteiger partial charge in [-0.25, -0.2) is 9.18 Å². The molecule has 0 fully saturated rings. The van der Waals surface area contributed by atoms with E-state index in [1.54, 1.807) is 48.5 Å². The summed E-state index contributed by atoms with van der Waals surface area (Å²) in [5, 5.41) is 4.83. The van der Waals surface area contributed by atoms with Gasteiger partial charge < -0.3 is 15.4 Å². The number of ketones is 2. The van der Waals surface area contributed by atoms with E-state index in [0.29, 0.717) is 0 Å². The van der Waals surface area contributed by atoms with E-state index >= 15 is 0 Å². The van der Waals surface area contributed by atoms with Crippen molar-refractivity contribution in [1.29, 1.82) is 0 Å². The molecule has 0 radical (unpaired) electrons. The fourth-order valence-corrected chi connectivity index (χ4v) is 2.65. The van der Waals surface area contributed by atoms with Crippen LogP contribution in [0, 0.1) is 0 Å². The van der Waals surface area contributed by atoms with Crippen LogP contribution in [-0.4, -0.2) is 42.3 Å². The van der Waals surface area contributed by atoms with Gasteiger partial charge in [0.1, 0.15) is 12.6 Å². The third-order valence-electron chi connectivity index (χ3n) is 4.25. The number of benzene rings is 2. The van der Waals surface area contributed by atoms with Crippen LogP contribution in [0.15, 0.2) is 60.7 Å². The molecule has 2 aromatic rings. The van der Waals surface area contributed by atoms with Crippen LogP contribution < -0.4 is 10.6 Å². The van der Waals surface area contributed by atoms with Crippen LogP contribution in [0.4, 0.5) is 9.18 Å². The molecule has 2 atom stereocenters. The first kappa shape index (κ1) is 22.7. The van der Waals surface area contributed by atoms with Crippen LogP contribution in [0.1, 0.15) is 18.1 Å². The molecule has 0 unspecified atom stereocenters. The molecule has 0 aliphatic rings. The molecule has 30 heavy (non-hydrogen) atoms. The van der Waals surface area contributed by atoms with E-state index < -0.39 is 42.3 Å². The summed E-state index contributed by atoms with van der Waals surface area (Å²) >= 11 is 0. The van der Waals surface area contributed by atoms with Gasteiger partial charge in [-0.3, -0.25) is 14.4 Å². The fraction of sp³-hybridized carbons (Fsp3) is 0.273. The van der Waals surface area contributed by atoms with Crippen molar-refractivity contribution >= 4 is 23.6 Å². The highest BCUT2D eigenvalue weighted by atomic mass is 19.1. The second-order valence-corrected chi connectivity index (χ2v) is 6.60. The fourth-order valence-electron chi connectivity index (χ4n) is 2.65. The molecule has 2 N–H and O–H groups in total. The van der Waals surface area contributed by atoms with Crippen molar-refractivity contribution in [3.63, 3.8) is 0 Å². The van der Waals surface area contributed by atoms with Gasteiger partial charge in [-0.05, 0) is 18.1 Å². The lowest BCUT2D eigenvalue weighted by Gasteiger charge is -2.20. The highest BCUT2D eigenvalue weighted by Gasteiger charge is 2.27. The molecular formula is C22H23FN2O5. The second-order valence-electron chi connectivity index (χ2n) is 6.60. The molecule has 158 valence electrons. The molecule has 8 heteroatoms. The zero-order chi connectivity index (χ0) is 21.9. The van der Waals surface area contributed by atoms with E-state index in [0.717, 1.165) is 11.1 Å². The number of Topliss-reactive ketones (excluding diaryl/α,β-unsaturated/α-hetero) is 2. The van der Waals surface area contributed by atoms with E-state index in [2.05, 4.69) is 10.6 Å². The van der Waals surface area contributed by atoms with Gasteiger partial charge in [-0.2, -0.15) is 0 Å². The molecule has 0 aromatic heterocycles. The van der Waals surface area contributed by atoms with Crippen LogP contribution >= 0.6 is 0 Å². The lowest BCUT2D eigenvalue weighted by Crippen LogP contribution is -2.52. The number of carbonyl (C=O) groups is 4. The number of alkyl carbamates (subject to hydrolysis) is 1. The van der Waals surface area contributed by atoms with Crippen LogP contribution in [0.5, 0.6) is 0 Å². The summed E-state index contributed by atoms with van der Waals surface area (Å²) in [6, 6.07) is 15.7. The Kier molecular flexibility index (Phi) is 8.68. The number of halogens is 1. The number of alkyl halides is 1. The Hall–Kier alpha value is -3.55. The van der Waals surface area contributed by atoms with Gasteiger partial charge in [0.2, 0.25) is 17.5 Å². The molecule has 0 aliphatic heterocycles. The second kappa shape index (κ2) is 11.5. The lowest BCUT2D eigenvalue weighted by molar-refractivity contribution is -0.139. The first-order chi connectivity index (χ1) is 14.4. The average molecular weight is 414 g/mol. The Labute approximate surface area is 173 Å². The zero-order valence-electron chi connectivity index (χ0n) is 16.5. The average Bonchev–Trinajstić information content (AvgIpc) is 2.77. The molecule has 2 amide bonds. The first-order valence-corrected chi connectivity index (χ1v) is 9.35. The Morgan fingerprint density at radius 1 is 0.900 bits per heavy atom. The first-order valence-electron chi connectivity index (χ1n) is 9.35. The highest BCUT2D eigenvalue weighted by Crippen LogP contribution is 2.06. The quantitative estimate of drug-likeness (QED) is 0.580. The van der Waals surface area contributed by atoms with Crippen LogP contribution in [0.25, 0.3) is 0 Å². The molecule has 0 bridgehead atoms. The zero-order valence-corrected chi connectivity index (χ0v) is 16.5. The maximum Gasteiger partial charge on any atom is 0.408 e. The molecule has 0 heterocycles. The van der Waals surface area contributed by atoms with Gasteiger partial charge in [0.25, 0.3) is 0 Å². The summed E-state index contributed by atoms with van der Waals surface area (Å²) < 4.78 is 17.6. The molecule has 7 nitrogen and oxygen atoms in total. The summed E-state index contributed by atoms with van der Waals surface area (Å²) in [5.74, 6) is -2.96. The van der Waals surface area contributed by atoms with Crippen molar-refractivity contribution in [2.24, 2.45) is 0 Å². The molecule has 2 aromatic carbocycles. The Bertz CT molecular complexity index is 874. The Morgan fingerprint density at radius 2 is 1.47 bits per heavy atom. The summed E-state index contributed by atoms with van der Waals surface area (Å²) in [7, 11) is 0. The summed E-state index contributed by atoms with van der Waals surface area (Å²) in [6.07, 6.45) is -0.681. The Balaban J connectivity index is 2.03. The highest BCUT2D eigenvalue weighted by molar-refractivity contribution is 6.39. The number of hydrogen-bond donors (Lipinski definition) is 2. The maximum atomic E-state index is 12.6. The summed E-state index contributed by atoms with van der Waals surface area (Å²) in [5.41, 5.74) is 1.54. The van der Waals surface area contributed by atoms with Gasteiger partial charge in [-0.1, -0.05) is 60.7 Å². The normalized spacial score (nSPS) is 12.3. The van der Waals surface area contributed by atoms with E-state index in [9.17, 15) is 23.6 Å². The minimum Gasteiger partial charge on any atom is -0.445 e. The largest absolute Gasteiger partial charge is 0.445 e. The Morgan fingerprint density at radius 3 is 2.03 bits per heavy atom. The minimum absolute atomic E-state index is 0.0201. The smallest absolute Gasteiger partial charge is 0.408 e. The molecular weight excluding hydrogens is 391 g/mol. The van der Waals surface area contributed by atoms with Crippen molar-refractivity contribution in [3.05, 3.63) is 71.8 Å². The number of ether oxygens (including phenoxy) is 1. The standard InChI is InChI=1S/C22H23FN2O5/c1-15(20(27)19(26)13-23)24-21(28)18(12-16-8-4-2-5-9-16)25-22(29)30-14-17-10-6-3-7-11-17/h2-11,15,18H,12-14H2,1H3,(H,24,28)(H,25,29)/t15-,18-/m0/s1. The van der Waals surface area contributed by atoms with Gasteiger partial charge in [0, 0.05) is 6.42 Å². The topological polar surface area (TPSA) is 102 Å². The van der Waals surface area contributed by atoms with Crippen LogP contribution in [-0.2, 0) is 32.1 Å². The van der Waals surface area contributed by atoms with Gasteiger partial charge >= 0.3 is 6.09 Å². The van der Waals surface area contributed by atoms with Crippen molar-refractivity contribution in [2.75, 3.05) is 6.67 Å². The molecule has 0 spiro atoms. The van der Waals surface area contributed by atoms with Crippen molar-refractivity contribution in [3.8, 4) is 0 Å². The predicted octanol–water partition coefficient (Wildman–Crippen LogP) is 2.14. The summed E-state index contributed by atoms with van der Waals surface area (Å²) in [6.45, 7) is -0.135. The third-order valence-corrected chi connectivity index (χ3v) is 4.25. The number of carbonyl (C=O) groups excluding carboxylic acids is 4. The van der Waals surface area contributed by atoms with E-state index in [4.69, 9.17) is 4.74 Å². The van der Waals surface area contributed by atoms with Crippen molar-refractivity contribution in [1.82, 2.24) is 10.6 Å². The maximum absolute atomic E-state index is 12.6. The van der Waals surface area contributed by atoms with Crippen LogP contribution in [0.3, 0.4) is 0 Å². The van der Waals surface area contributed by atoms with E-state index in [1.165, 1.54) is 6.92 Å². The van der Waals surface area contributed by atoms with Gasteiger partial charge in [0.15, 0.2) is 6.67 Å². The molecule has 0 saturated heterocycles. The van der Waals surface area contributed by atoms with Gasteiger partial charge in [-0.15, -0.1) is 0 Å². The lowest BCUT2D eigenvalue weighted by atomic mass is 10.0. The monoisotopic (exact) mass is 414 g/mol. The number of amides is 2. The minimum atomic E-state index is -1.43. The number of rotatable bonds is 10. The predicted molar refractivity (Wildman–Crippen MR) is 107 cm³/mol. The van der Waals surface area contributed by atoms with E-state index in [-0.39, 0.29) is 13.0 Å². The number of hydrogen-bond acceptors (Lipinski definition) is 5. The van der Waals surface area contributed by atoms with Gasteiger partial charge in [0.05, 0.1) is 6.04 Å². The summed E-state index contributed by atoms with van der Waals surface area (Å²) in [4.78, 5) is 47.8. The third kappa shape index (κ3) is 7.12. The van der Waals surface area contributed by atoms with Crippen molar-refractivity contribution in [2.45, 2.75) is 32.0 Å². The van der Waals surface area contributed by atoms with Crippen LogP contribution in [0.2, 0.25) is 0 Å². The SMILES string of the molecule is C[C@H](NC(=O)[C@H](Cc1ccccc1)NC(=O)OCc1ccccc1)C(=O)C(=O)CF. The van der Waals surface area contributed by atoms with Crippen molar-refractivity contribution < 1.29 is 28.3 Å². The molecule has 0 aliphatic carbocycles.